The van der Waals surface area contributed by atoms with Gasteiger partial charge < -0.3 is 5.32 Å². The third kappa shape index (κ3) is 2.86. The van der Waals surface area contributed by atoms with Crippen LogP contribution >= 0.6 is 27.3 Å². The fourth-order valence-electron chi connectivity index (χ4n) is 1.13. The van der Waals surface area contributed by atoms with E-state index in [1.165, 1.54) is 18.7 Å². The Kier molecular flexibility index (Phi) is 3.63. The molecule has 0 unspecified atom stereocenters. The van der Waals surface area contributed by atoms with Gasteiger partial charge in [-0.05, 0) is 22.0 Å². The maximum absolute atomic E-state index is 11.6. The maximum Gasteiger partial charge on any atom is 0.254 e. The Bertz CT molecular complexity index is 486. The molecule has 0 radical (unpaired) electrons. The maximum atomic E-state index is 11.6. The molecule has 0 aliphatic carbocycles. The van der Waals surface area contributed by atoms with E-state index < -0.39 is 0 Å². The van der Waals surface area contributed by atoms with E-state index in [1.54, 1.807) is 11.3 Å². The largest absolute Gasteiger partial charge is 0.347 e. The molecule has 1 N–H and O–H groups in total. The molecule has 0 aliphatic heterocycles. The van der Waals surface area contributed by atoms with Crippen LogP contribution in [0.25, 0.3) is 0 Å². The zero-order chi connectivity index (χ0) is 11.4. The summed E-state index contributed by atoms with van der Waals surface area (Å²) in [6.45, 7) is 0.518. The molecular weight excluding hydrogens is 290 g/mol. The molecule has 2 heterocycles. The van der Waals surface area contributed by atoms with Crippen molar-refractivity contribution < 1.29 is 4.79 Å². The van der Waals surface area contributed by atoms with Gasteiger partial charge in [-0.3, -0.25) is 4.79 Å². The molecule has 0 bridgehead atoms. The first-order valence-corrected chi connectivity index (χ1v) is 6.19. The summed E-state index contributed by atoms with van der Waals surface area (Å²) in [6, 6.07) is 1.98. The minimum Gasteiger partial charge on any atom is -0.347 e. The smallest absolute Gasteiger partial charge is 0.254 e. The van der Waals surface area contributed by atoms with Crippen LogP contribution in [0, 0.1) is 0 Å². The molecule has 0 saturated carbocycles. The van der Waals surface area contributed by atoms with Gasteiger partial charge in [0, 0.05) is 27.1 Å². The molecule has 0 atom stereocenters. The molecule has 0 fully saturated rings. The Morgan fingerprint density at radius 1 is 1.44 bits per heavy atom. The van der Waals surface area contributed by atoms with Gasteiger partial charge in [0.25, 0.3) is 5.91 Å². The molecule has 2 aromatic heterocycles. The fourth-order valence-corrected chi connectivity index (χ4v) is 2.52. The van der Waals surface area contributed by atoms with E-state index in [1.807, 2.05) is 11.4 Å². The zero-order valence-electron chi connectivity index (χ0n) is 8.18. The first-order valence-electron chi connectivity index (χ1n) is 4.52. The summed E-state index contributed by atoms with van der Waals surface area (Å²) in [6.07, 6.45) is 4.38. The van der Waals surface area contributed by atoms with Gasteiger partial charge in [-0.2, -0.15) is 0 Å². The van der Waals surface area contributed by atoms with E-state index in [-0.39, 0.29) is 5.91 Å². The van der Waals surface area contributed by atoms with Crippen molar-refractivity contribution in [3.63, 3.8) is 0 Å². The monoisotopic (exact) mass is 297 g/mol. The van der Waals surface area contributed by atoms with E-state index >= 15 is 0 Å². The van der Waals surface area contributed by atoms with Crippen LogP contribution in [0.3, 0.4) is 0 Å². The summed E-state index contributed by atoms with van der Waals surface area (Å²) in [5.41, 5.74) is 0.470. The first kappa shape index (κ1) is 11.2. The Balaban J connectivity index is 1.94. The van der Waals surface area contributed by atoms with Gasteiger partial charge >= 0.3 is 0 Å². The number of thiophene rings is 1. The average molecular weight is 298 g/mol. The van der Waals surface area contributed by atoms with Crippen molar-refractivity contribution in [2.75, 3.05) is 0 Å². The van der Waals surface area contributed by atoms with Crippen molar-refractivity contribution in [1.29, 1.82) is 0 Å². The number of nitrogens with zero attached hydrogens (tertiary/aromatic N) is 2. The van der Waals surface area contributed by atoms with Crippen LogP contribution in [0.2, 0.25) is 0 Å². The molecule has 6 heteroatoms. The van der Waals surface area contributed by atoms with Crippen molar-refractivity contribution in [2.24, 2.45) is 0 Å². The third-order valence-corrected chi connectivity index (χ3v) is 3.57. The molecule has 4 nitrogen and oxygen atoms in total. The highest BCUT2D eigenvalue weighted by Gasteiger charge is 2.05. The molecule has 82 valence electrons. The molecule has 2 aromatic rings. The average Bonchev–Trinajstić information content (AvgIpc) is 2.73. The van der Waals surface area contributed by atoms with Crippen molar-refractivity contribution in [3.8, 4) is 0 Å². The number of rotatable bonds is 3. The minimum atomic E-state index is -0.162. The van der Waals surface area contributed by atoms with Crippen molar-refractivity contribution in [3.05, 3.63) is 45.1 Å². The number of nitrogens with one attached hydrogen (secondary N) is 1. The van der Waals surface area contributed by atoms with Gasteiger partial charge in [0.2, 0.25) is 0 Å². The molecular formula is C10H8BrN3OS. The number of carbonyl (C=O) groups excluding carboxylic acids is 1. The lowest BCUT2D eigenvalue weighted by Gasteiger charge is -2.01. The van der Waals surface area contributed by atoms with Crippen molar-refractivity contribution in [2.45, 2.75) is 6.54 Å². The third-order valence-electron chi connectivity index (χ3n) is 1.87. The zero-order valence-corrected chi connectivity index (χ0v) is 10.6. The van der Waals surface area contributed by atoms with Crippen molar-refractivity contribution >= 4 is 33.2 Å². The standard InChI is InChI=1S/C10H8BrN3OS/c11-8-1-9(16-5-8)4-14-10(15)7-2-12-6-13-3-7/h1-3,5-6H,4H2,(H,14,15). The quantitative estimate of drug-likeness (QED) is 0.945. The SMILES string of the molecule is O=C(NCc1cc(Br)cs1)c1cncnc1. The van der Waals surface area contributed by atoms with Crippen molar-refractivity contribution in [1.82, 2.24) is 15.3 Å². The summed E-state index contributed by atoms with van der Waals surface area (Å²) in [7, 11) is 0. The van der Waals surface area contributed by atoms with Crippen LogP contribution in [-0.2, 0) is 6.54 Å². The molecule has 2 rings (SSSR count). The van der Waals surface area contributed by atoms with Crippen LogP contribution in [0.5, 0.6) is 0 Å². The molecule has 0 aliphatic rings. The molecule has 1 amide bonds. The van der Waals surface area contributed by atoms with Gasteiger partial charge in [0.05, 0.1) is 12.1 Å². The molecule has 16 heavy (non-hydrogen) atoms. The lowest BCUT2D eigenvalue weighted by Crippen LogP contribution is -2.22. The van der Waals surface area contributed by atoms with E-state index in [2.05, 4.69) is 31.2 Å². The lowest BCUT2D eigenvalue weighted by molar-refractivity contribution is 0.0950. The summed E-state index contributed by atoms with van der Waals surface area (Å²) in [4.78, 5) is 20.3. The predicted molar refractivity (Wildman–Crippen MR) is 65.2 cm³/mol. The van der Waals surface area contributed by atoms with E-state index in [4.69, 9.17) is 0 Å². The number of hydrogen-bond acceptors (Lipinski definition) is 4. The van der Waals surface area contributed by atoms with Crippen LogP contribution in [0.1, 0.15) is 15.2 Å². The summed E-state index contributed by atoms with van der Waals surface area (Å²) in [5, 5.41) is 4.78. The normalized spacial score (nSPS) is 10.1. The predicted octanol–water partition coefficient (Wildman–Crippen LogP) is 2.23. The van der Waals surface area contributed by atoms with Crippen LogP contribution in [0.15, 0.2) is 34.6 Å². The van der Waals surface area contributed by atoms with Crippen LogP contribution in [0.4, 0.5) is 0 Å². The summed E-state index contributed by atoms with van der Waals surface area (Å²) >= 11 is 4.96. The topological polar surface area (TPSA) is 54.9 Å². The van der Waals surface area contributed by atoms with Crippen LogP contribution in [-0.4, -0.2) is 15.9 Å². The highest BCUT2D eigenvalue weighted by Crippen LogP contribution is 2.19. The number of carbonyl (C=O) groups is 1. The van der Waals surface area contributed by atoms with Gasteiger partial charge in [-0.1, -0.05) is 0 Å². The number of aromatic nitrogens is 2. The molecule has 0 aromatic carbocycles. The Hall–Kier alpha value is -1.27. The Morgan fingerprint density at radius 3 is 2.81 bits per heavy atom. The second-order valence-electron chi connectivity index (χ2n) is 3.04. The molecule has 0 spiro atoms. The summed E-state index contributed by atoms with van der Waals surface area (Å²) < 4.78 is 1.03. The molecule has 0 saturated heterocycles. The van der Waals surface area contributed by atoms with E-state index in [9.17, 15) is 4.79 Å². The van der Waals surface area contributed by atoms with Gasteiger partial charge in [-0.25, -0.2) is 9.97 Å². The van der Waals surface area contributed by atoms with E-state index in [0.29, 0.717) is 12.1 Å². The highest BCUT2D eigenvalue weighted by atomic mass is 79.9. The minimum absolute atomic E-state index is 0.162. The Morgan fingerprint density at radius 2 is 2.19 bits per heavy atom. The summed E-state index contributed by atoms with van der Waals surface area (Å²) in [5.74, 6) is -0.162. The van der Waals surface area contributed by atoms with Crippen LogP contribution < -0.4 is 5.32 Å². The number of halogens is 1. The number of amides is 1. The number of hydrogen-bond donors (Lipinski definition) is 1. The highest BCUT2D eigenvalue weighted by molar-refractivity contribution is 9.10. The van der Waals surface area contributed by atoms with Gasteiger partial charge in [-0.15, -0.1) is 11.3 Å². The first-order chi connectivity index (χ1) is 7.75. The van der Waals surface area contributed by atoms with Gasteiger partial charge in [0.15, 0.2) is 0 Å². The van der Waals surface area contributed by atoms with Gasteiger partial charge in [0.1, 0.15) is 6.33 Å². The second kappa shape index (κ2) is 5.18. The Labute approximate surface area is 105 Å². The van der Waals surface area contributed by atoms with E-state index in [0.717, 1.165) is 9.35 Å². The second-order valence-corrected chi connectivity index (χ2v) is 4.95. The fraction of sp³-hybridized carbons (Fsp3) is 0.100. The lowest BCUT2D eigenvalue weighted by atomic mass is 10.3.